The van der Waals surface area contributed by atoms with Gasteiger partial charge in [-0.15, -0.1) is 11.3 Å². The molecule has 2 aliphatic carbocycles. The average molecular weight is 251 g/mol. The zero-order valence-electron chi connectivity index (χ0n) is 9.98. The third-order valence-electron chi connectivity index (χ3n) is 4.30. The van der Waals surface area contributed by atoms with Crippen LogP contribution in [-0.2, 0) is 6.42 Å². The van der Waals surface area contributed by atoms with E-state index < -0.39 is 5.97 Å². The molecule has 0 radical (unpaired) electrons. The number of hydrogen-bond acceptors (Lipinski definition) is 3. The number of carboxylic acid groups (broad SMARTS) is 1. The van der Waals surface area contributed by atoms with Crippen LogP contribution in [0.2, 0.25) is 0 Å². The van der Waals surface area contributed by atoms with Gasteiger partial charge >= 0.3 is 5.97 Å². The third-order valence-corrected chi connectivity index (χ3v) is 5.52. The van der Waals surface area contributed by atoms with Gasteiger partial charge in [-0.1, -0.05) is 13.3 Å². The largest absolute Gasteiger partial charge is 0.477 e. The standard InChI is InChI=1S/C13H17NO2S/c1-2-10-11(13(15)16)17-12(14-10)9-6-7-3-4-8(9)5-7/h7-9H,2-6H2,1H3,(H,15,16). The summed E-state index contributed by atoms with van der Waals surface area (Å²) in [5.41, 5.74) is 0.778. The van der Waals surface area contributed by atoms with Gasteiger partial charge in [-0.05, 0) is 37.5 Å². The number of aromatic carboxylic acids is 1. The van der Waals surface area contributed by atoms with E-state index in [0.717, 1.165) is 29.0 Å². The van der Waals surface area contributed by atoms with Gasteiger partial charge < -0.3 is 5.11 Å². The third kappa shape index (κ3) is 1.79. The summed E-state index contributed by atoms with van der Waals surface area (Å²) in [6.45, 7) is 1.98. The number of hydrogen-bond donors (Lipinski definition) is 1. The first-order chi connectivity index (χ1) is 8.19. The number of fused-ring (bicyclic) bond motifs is 2. The van der Waals surface area contributed by atoms with Crippen LogP contribution in [0.3, 0.4) is 0 Å². The molecule has 92 valence electrons. The molecule has 0 aliphatic heterocycles. The molecule has 1 N–H and O–H groups in total. The quantitative estimate of drug-likeness (QED) is 0.896. The van der Waals surface area contributed by atoms with Gasteiger partial charge in [0.15, 0.2) is 0 Å². The molecule has 4 heteroatoms. The van der Waals surface area contributed by atoms with Crippen molar-refractivity contribution >= 4 is 17.3 Å². The van der Waals surface area contributed by atoms with Crippen LogP contribution in [0.25, 0.3) is 0 Å². The highest BCUT2D eigenvalue weighted by Crippen LogP contribution is 2.53. The van der Waals surface area contributed by atoms with Gasteiger partial charge in [-0.25, -0.2) is 9.78 Å². The number of aryl methyl sites for hydroxylation is 1. The predicted octanol–water partition coefficient (Wildman–Crippen LogP) is 3.31. The van der Waals surface area contributed by atoms with Crippen LogP contribution in [0.1, 0.15) is 58.9 Å². The van der Waals surface area contributed by atoms with Gasteiger partial charge in [0, 0.05) is 5.92 Å². The summed E-state index contributed by atoms with van der Waals surface area (Å²) in [5, 5.41) is 10.2. The molecule has 1 aromatic rings. The molecule has 2 saturated carbocycles. The lowest BCUT2D eigenvalue weighted by molar-refractivity contribution is 0.0701. The molecule has 2 fully saturated rings. The Morgan fingerprint density at radius 1 is 1.47 bits per heavy atom. The fourth-order valence-electron chi connectivity index (χ4n) is 3.48. The molecule has 0 saturated heterocycles. The summed E-state index contributed by atoms with van der Waals surface area (Å²) in [4.78, 5) is 16.2. The van der Waals surface area contributed by atoms with E-state index >= 15 is 0 Å². The summed E-state index contributed by atoms with van der Waals surface area (Å²) in [7, 11) is 0. The second-order valence-electron chi connectivity index (χ2n) is 5.27. The van der Waals surface area contributed by atoms with Gasteiger partial charge in [0.25, 0.3) is 0 Å². The molecule has 2 aliphatic rings. The number of nitrogens with zero attached hydrogens (tertiary/aromatic N) is 1. The van der Waals surface area contributed by atoms with Crippen molar-refractivity contribution in [1.82, 2.24) is 4.98 Å². The maximum atomic E-state index is 11.1. The number of rotatable bonds is 3. The first-order valence-corrected chi connectivity index (χ1v) is 7.23. The molecule has 17 heavy (non-hydrogen) atoms. The molecule has 3 unspecified atom stereocenters. The van der Waals surface area contributed by atoms with Crippen molar-refractivity contribution in [2.75, 3.05) is 0 Å². The second kappa shape index (κ2) is 4.09. The van der Waals surface area contributed by atoms with Gasteiger partial charge in [0.2, 0.25) is 0 Å². The Bertz CT molecular complexity index is 454. The fraction of sp³-hybridized carbons (Fsp3) is 0.692. The van der Waals surface area contributed by atoms with E-state index in [0.29, 0.717) is 10.8 Å². The molecular weight excluding hydrogens is 234 g/mol. The molecular formula is C13H17NO2S. The Hall–Kier alpha value is -0.900. The minimum atomic E-state index is -0.811. The highest BCUT2D eigenvalue weighted by molar-refractivity contribution is 7.13. The zero-order valence-corrected chi connectivity index (χ0v) is 10.8. The summed E-state index contributed by atoms with van der Waals surface area (Å²) < 4.78 is 0. The molecule has 1 heterocycles. The van der Waals surface area contributed by atoms with E-state index in [1.54, 1.807) is 0 Å². The minimum Gasteiger partial charge on any atom is -0.477 e. The minimum absolute atomic E-state index is 0.463. The Labute approximate surface area is 105 Å². The Morgan fingerprint density at radius 2 is 2.29 bits per heavy atom. The van der Waals surface area contributed by atoms with E-state index in [-0.39, 0.29) is 0 Å². The lowest BCUT2D eigenvalue weighted by Gasteiger charge is -2.18. The number of carboxylic acids is 1. The highest BCUT2D eigenvalue weighted by Gasteiger charge is 2.42. The van der Waals surface area contributed by atoms with Crippen LogP contribution in [0.5, 0.6) is 0 Å². The summed E-state index contributed by atoms with van der Waals surface area (Å²) in [6.07, 6.45) is 5.99. The Kier molecular flexibility index (Phi) is 2.69. The van der Waals surface area contributed by atoms with E-state index in [1.807, 2.05) is 6.92 Å². The van der Waals surface area contributed by atoms with Crippen LogP contribution in [0.4, 0.5) is 0 Å². The zero-order chi connectivity index (χ0) is 12.0. The van der Waals surface area contributed by atoms with Gasteiger partial charge in [-0.2, -0.15) is 0 Å². The molecule has 0 spiro atoms. The van der Waals surface area contributed by atoms with Crippen LogP contribution in [-0.4, -0.2) is 16.1 Å². The fourth-order valence-corrected chi connectivity index (χ4v) is 4.68. The Balaban J connectivity index is 1.91. The molecule has 0 amide bonds. The molecule has 3 atom stereocenters. The molecule has 3 rings (SSSR count). The number of thiazole rings is 1. The normalized spacial score (nSPS) is 31.0. The van der Waals surface area contributed by atoms with E-state index in [4.69, 9.17) is 5.11 Å². The Morgan fingerprint density at radius 3 is 2.76 bits per heavy atom. The first-order valence-electron chi connectivity index (χ1n) is 6.42. The smallest absolute Gasteiger partial charge is 0.347 e. The molecule has 2 bridgehead atoms. The summed E-state index contributed by atoms with van der Waals surface area (Å²) >= 11 is 1.42. The maximum absolute atomic E-state index is 11.1. The lowest BCUT2D eigenvalue weighted by atomic mass is 9.89. The highest BCUT2D eigenvalue weighted by atomic mass is 32.1. The number of carbonyl (C=O) groups is 1. The van der Waals surface area contributed by atoms with Crippen LogP contribution < -0.4 is 0 Å². The van der Waals surface area contributed by atoms with Crippen LogP contribution in [0, 0.1) is 11.8 Å². The van der Waals surface area contributed by atoms with E-state index in [9.17, 15) is 4.79 Å². The second-order valence-corrected chi connectivity index (χ2v) is 6.30. The van der Waals surface area contributed by atoms with Gasteiger partial charge in [0.1, 0.15) is 4.88 Å². The summed E-state index contributed by atoms with van der Waals surface area (Å²) in [5.74, 6) is 1.40. The van der Waals surface area contributed by atoms with Crippen LogP contribution in [0.15, 0.2) is 0 Å². The van der Waals surface area contributed by atoms with E-state index in [2.05, 4.69) is 4.98 Å². The predicted molar refractivity (Wildman–Crippen MR) is 66.6 cm³/mol. The number of aromatic nitrogens is 1. The van der Waals surface area contributed by atoms with Crippen molar-refractivity contribution in [2.45, 2.75) is 44.9 Å². The monoisotopic (exact) mass is 251 g/mol. The SMILES string of the molecule is CCc1nc(C2CC3CCC2C3)sc1C(=O)O. The molecule has 3 nitrogen and oxygen atoms in total. The topological polar surface area (TPSA) is 50.2 Å². The average Bonchev–Trinajstić information content (AvgIpc) is 3.02. The first kappa shape index (κ1) is 11.2. The lowest BCUT2D eigenvalue weighted by Crippen LogP contribution is -2.08. The van der Waals surface area contributed by atoms with E-state index in [1.165, 1.54) is 37.0 Å². The van der Waals surface area contributed by atoms with Crippen molar-refractivity contribution in [1.29, 1.82) is 0 Å². The van der Waals surface area contributed by atoms with Crippen molar-refractivity contribution in [3.05, 3.63) is 15.6 Å². The van der Waals surface area contributed by atoms with Gasteiger partial charge in [-0.3, -0.25) is 0 Å². The summed E-state index contributed by atoms with van der Waals surface area (Å²) in [6, 6.07) is 0. The molecule has 1 aromatic heterocycles. The van der Waals surface area contributed by atoms with Crippen molar-refractivity contribution in [2.24, 2.45) is 11.8 Å². The van der Waals surface area contributed by atoms with Crippen molar-refractivity contribution < 1.29 is 9.90 Å². The molecule has 0 aromatic carbocycles. The van der Waals surface area contributed by atoms with Gasteiger partial charge in [0.05, 0.1) is 10.7 Å². The maximum Gasteiger partial charge on any atom is 0.347 e. The van der Waals surface area contributed by atoms with Crippen molar-refractivity contribution in [3.8, 4) is 0 Å². The van der Waals surface area contributed by atoms with Crippen molar-refractivity contribution in [3.63, 3.8) is 0 Å². The van der Waals surface area contributed by atoms with Crippen LogP contribution >= 0.6 is 11.3 Å².